The van der Waals surface area contributed by atoms with E-state index in [9.17, 15) is 44.7 Å². The normalized spacial score (nSPS) is 20.7. The van der Waals surface area contributed by atoms with Crippen LogP contribution in [0.1, 0.15) is 60.6 Å². The lowest BCUT2D eigenvalue weighted by Crippen LogP contribution is -2.47. The van der Waals surface area contributed by atoms with Crippen LogP contribution in [0.3, 0.4) is 0 Å². The largest absolute Gasteiger partial charge is 0.417 e. The van der Waals surface area contributed by atoms with Gasteiger partial charge in [-0.2, -0.15) is 31.4 Å². The SMILES string of the molecule is CCn1nc(C(=O)NCC2(O)CCC(S(C)(=O)=O)CC2)c(Cl)c1-c1ccc(CCC(F)(F)F)cc1C(F)(F)F. The highest BCUT2D eigenvalue weighted by Crippen LogP contribution is 2.41. The number of alkyl halides is 6. The van der Waals surface area contributed by atoms with Gasteiger partial charge < -0.3 is 10.4 Å². The van der Waals surface area contributed by atoms with Crippen molar-refractivity contribution in [2.75, 3.05) is 12.8 Å². The molecule has 0 saturated heterocycles. The van der Waals surface area contributed by atoms with Gasteiger partial charge in [0.05, 0.1) is 27.1 Å². The number of nitrogens with zero attached hydrogens (tertiary/aromatic N) is 2. The Morgan fingerprint density at radius 3 is 2.33 bits per heavy atom. The summed E-state index contributed by atoms with van der Waals surface area (Å²) in [5, 5.41) is 16.3. The lowest BCUT2D eigenvalue weighted by molar-refractivity contribution is -0.137. The van der Waals surface area contributed by atoms with E-state index in [1.165, 1.54) is 0 Å². The van der Waals surface area contributed by atoms with Gasteiger partial charge in [-0.3, -0.25) is 9.48 Å². The molecule has 1 fully saturated rings. The van der Waals surface area contributed by atoms with Crippen LogP contribution < -0.4 is 5.32 Å². The van der Waals surface area contributed by atoms with Gasteiger partial charge in [0.1, 0.15) is 9.84 Å². The summed E-state index contributed by atoms with van der Waals surface area (Å²) in [5.74, 6) is -0.859. The fraction of sp³-hybridized carbons (Fsp3) is 0.583. The minimum Gasteiger partial charge on any atom is -0.388 e. The van der Waals surface area contributed by atoms with Crippen molar-refractivity contribution in [2.24, 2.45) is 0 Å². The number of rotatable bonds is 8. The number of hydrogen-bond acceptors (Lipinski definition) is 5. The average Bonchev–Trinajstić information content (AvgIpc) is 3.16. The predicted octanol–water partition coefficient (Wildman–Crippen LogP) is 5.19. The maximum absolute atomic E-state index is 14.0. The summed E-state index contributed by atoms with van der Waals surface area (Å²) in [6.45, 7) is 1.32. The maximum atomic E-state index is 14.0. The molecule has 218 valence electrons. The van der Waals surface area contributed by atoms with Gasteiger partial charge in [0.2, 0.25) is 0 Å². The number of aliphatic hydroxyl groups is 1. The second kappa shape index (κ2) is 11.3. The molecule has 0 spiro atoms. The zero-order valence-corrected chi connectivity index (χ0v) is 22.7. The number of carbonyl (C=O) groups excluding carboxylic acids is 1. The third-order valence-corrected chi connectivity index (χ3v) is 8.84. The van der Waals surface area contributed by atoms with Crippen LogP contribution in [0.5, 0.6) is 0 Å². The van der Waals surface area contributed by atoms with E-state index < -0.39 is 73.6 Å². The first-order valence-electron chi connectivity index (χ1n) is 12.1. The molecule has 0 unspecified atom stereocenters. The molecule has 2 N–H and O–H groups in total. The van der Waals surface area contributed by atoms with Crippen molar-refractivity contribution in [3.63, 3.8) is 0 Å². The first kappa shape index (κ1) is 31.2. The number of aryl methyl sites for hydroxylation is 2. The first-order valence-corrected chi connectivity index (χ1v) is 14.4. The van der Waals surface area contributed by atoms with Gasteiger partial charge in [-0.15, -0.1) is 0 Å². The third-order valence-electron chi connectivity index (χ3n) is 6.80. The molecule has 1 aromatic heterocycles. The van der Waals surface area contributed by atoms with Crippen molar-refractivity contribution in [1.82, 2.24) is 15.1 Å². The topological polar surface area (TPSA) is 101 Å². The maximum Gasteiger partial charge on any atom is 0.417 e. The van der Waals surface area contributed by atoms with Crippen LogP contribution in [-0.2, 0) is 29.0 Å². The summed E-state index contributed by atoms with van der Waals surface area (Å²) in [6, 6.07) is 2.78. The van der Waals surface area contributed by atoms with E-state index in [1.807, 2.05) is 0 Å². The molecule has 0 bridgehead atoms. The van der Waals surface area contributed by atoms with Gasteiger partial charge in [0, 0.05) is 31.3 Å². The Morgan fingerprint density at radius 2 is 1.82 bits per heavy atom. The molecule has 39 heavy (non-hydrogen) atoms. The van der Waals surface area contributed by atoms with Crippen LogP contribution in [0.25, 0.3) is 11.3 Å². The fourth-order valence-corrected chi connectivity index (χ4v) is 6.02. The number of hydrogen-bond donors (Lipinski definition) is 2. The molecule has 1 amide bonds. The summed E-state index contributed by atoms with van der Waals surface area (Å²) in [7, 11) is -3.27. The highest BCUT2D eigenvalue weighted by atomic mass is 35.5. The van der Waals surface area contributed by atoms with Gasteiger partial charge in [-0.25, -0.2) is 8.42 Å². The monoisotopic (exact) mass is 603 g/mol. The van der Waals surface area contributed by atoms with E-state index in [0.29, 0.717) is 6.07 Å². The Hall–Kier alpha value is -2.32. The van der Waals surface area contributed by atoms with Crippen molar-refractivity contribution in [1.29, 1.82) is 0 Å². The van der Waals surface area contributed by atoms with E-state index in [2.05, 4.69) is 10.4 Å². The molecular formula is C24H28ClF6N3O4S. The van der Waals surface area contributed by atoms with Crippen molar-refractivity contribution < 1.29 is 44.7 Å². The zero-order chi connectivity index (χ0) is 29.4. The lowest BCUT2D eigenvalue weighted by atomic mass is 9.84. The Balaban J connectivity index is 1.87. The number of nitrogens with one attached hydrogen (secondary N) is 1. The smallest absolute Gasteiger partial charge is 0.388 e. The quantitative estimate of drug-likeness (QED) is 0.405. The number of carbonyl (C=O) groups is 1. The molecule has 0 atom stereocenters. The number of aromatic nitrogens is 2. The molecule has 0 radical (unpaired) electrons. The summed E-state index contributed by atoms with van der Waals surface area (Å²) in [4.78, 5) is 12.9. The summed E-state index contributed by atoms with van der Waals surface area (Å²) in [6.07, 6.45) is -9.65. The van der Waals surface area contributed by atoms with Crippen LogP contribution in [0, 0.1) is 0 Å². The highest BCUT2D eigenvalue weighted by molar-refractivity contribution is 7.91. The van der Waals surface area contributed by atoms with Crippen LogP contribution >= 0.6 is 11.6 Å². The minimum absolute atomic E-state index is 0.0201. The molecular weight excluding hydrogens is 576 g/mol. The van der Waals surface area contributed by atoms with Gasteiger partial charge in [-0.1, -0.05) is 23.7 Å². The van der Waals surface area contributed by atoms with Crippen molar-refractivity contribution in [3.8, 4) is 11.3 Å². The summed E-state index contributed by atoms with van der Waals surface area (Å²) in [5.41, 5.74) is -3.84. The van der Waals surface area contributed by atoms with Gasteiger partial charge in [0.25, 0.3) is 5.91 Å². The molecule has 2 aromatic rings. The van der Waals surface area contributed by atoms with Crippen LogP contribution in [0.4, 0.5) is 26.3 Å². The number of benzene rings is 1. The molecule has 1 aromatic carbocycles. The molecule has 1 aliphatic carbocycles. The molecule has 15 heteroatoms. The van der Waals surface area contributed by atoms with Crippen molar-refractivity contribution in [2.45, 2.75) is 75.2 Å². The Kier molecular flexibility index (Phi) is 9.03. The molecule has 3 rings (SSSR count). The first-order chi connectivity index (χ1) is 17.8. The highest BCUT2D eigenvalue weighted by Gasteiger charge is 2.39. The van der Waals surface area contributed by atoms with Crippen LogP contribution in [0.15, 0.2) is 18.2 Å². The van der Waals surface area contributed by atoms with E-state index in [0.717, 1.165) is 23.1 Å². The second-order valence-corrected chi connectivity index (χ2v) is 12.5. The predicted molar refractivity (Wildman–Crippen MR) is 132 cm³/mol. The van der Waals surface area contributed by atoms with Gasteiger partial charge >= 0.3 is 12.4 Å². The van der Waals surface area contributed by atoms with Crippen LogP contribution in [0.2, 0.25) is 5.02 Å². The Bertz CT molecular complexity index is 1320. The molecule has 1 saturated carbocycles. The van der Waals surface area contributed by atoms with E-state index in [4.69, 9.17) is 11.6 Å². The van der Waals surface area contributed by atoms with E-state index >= 15 is 0 Å². The summed E-state index contributed by atoms with van der Waals surface area (Å²) >= 11 is 6.36. The fourth-order valence-electron chi connectivity index (χ4n) is 4.61. The van der Waals surface area contributed by atoms with Crippen molar-refractivity contribution >= 4 is 27.3 Å². The van der Waals surface area contributed by atoms with Crippen molar-refractivity contribution in [3.05, 3.63) is 40.0 Å². The Labute approximate surface area is 226 Å². The van der Waals surface area contributed by atoms with Gasteiger partial charge in [0.15, 0.2) is 5.69 Å². The second-order valence-electron chi connectivity index (χ2n) is 9.76. The molecule has 1 heterocycles. The standard InChI is InChI=1S/C24H28ClF6N3O4S/c1-3-34-20(16-5-4-14(6-11-23(26,27)28)12-17(16)24(29,30)31)18(25)19(33-34)21(35)32-13-22(36)9-7-15(8-10-22)39(2,37)38/h4-5,12,15,36H,3,6-11,13H2,1-2H3,(H,32,35). The molecule has 0 aliphatic heterocycles. The van der Waals surface area contributed by atoms with E-state index in [1.54, 1.807) is 6.92 Å². The zero-order valence-electron chi connectivity index (χ0n) is 21.1. The van der Waals surface area contributed by atoms with Gasteiger partial charge in [-0.05, 0) is 50.7 Å². The Morgan fingerprint density at radius 1 is 1.21 bits per heavy atom. The molecule has 7 nitrogen and oxygen atoms in total. The minimum atomic E-state index is -4.94. The number of amides is 1. The molecule has 1 aliphatic rings. The number of sulfone groups is 1. The number of halogens is 7. The third kappa shape index (κ3) is 7.66. The summed E-state index contributed by atoms with van der Waals surface area (Å²) < 4.78 is 104. The average molecular weight is 604 g/mol. The van der Waals surface area contributed by atoms with Crippen LogP contribution in [-0.4, -0.2) is 59.0 Å². The lowest BCUT2D eigenvalue weighted by Gasteiger charge is -2.35. The van der Waals surface area contributed by atoms with E-state index in [-0.39, 0.29) is 50.0 Å².